The molecule has 4 heteroatoms. The molecule has 0 aliphatic rings. The lowest BCUT2D eigenvalue weighted by atomic mass is 10.2. The van der Waals surface area contributed by atoms with Gasteiger partial charge in [-0.05, 0) is 48.1 Å². The Balaban J connectivity index is 2.01. The van der Waals surface area contributed by atoms with Gasteiger partial charge in [0, 0.05) is 10.6 Å². The van der Waals surface area contributed by atoms with E-state index in [0.29, 0.717) is 0 Å². The van der Waals surface area contributed by atoms with E-state index < -0.39 is 0 Å². The Kier molecular flexibility index (Phi) is 5.16. The minimum absolute atomic E-state index is 0.842. The van der Waals surface area contributed by atoms with E-state index in [4.69, 9.17) is 4.74 Å². The second kappa shape index (κ2) is 7.10. The zero-order valence-corrected chi connectivity index (χ0v) is 12.1. The molecule has 0 fully saturated rings. The van der Waals surface area contributed by atoms with Crippen LogP contribution in [-0.2, 0) is 5.75 Å². The standard InChI is InChI=1S/C15H13NOS2/c1-17-14-7-5-12(6-8-14)10-19-15-4-2-3-13(9-15)16-11-18/h2-9H,10H2,1H3. The highest BCUT2D eigenvalue weighted by molar-refractivity contribution is 7.98. The predicted octanol–water partition coefficient (Wildman–Crippen LogP) is 4.72. The Labute approximate surface area is 122 Å². The molecule has 96 valence electrons. The maximum absolute atomic E-state index is 5.14. The van der Waals surface area contributed by atoms with Gasteiger partial charge in [0.05, 0.1) is 18.0 Å². The molecule has 2 aromatic carbocycles. The van der Waals surface area contributed by atoms with Crippen molar-refractivity contribution in [1.82, 2.24) is 0 Å². The molecule has 2 rings (SSSR count). The molecule has 0 atom stereocenters. The van der Waals surface area contributed by atoms with Gasteiger partial charge in [0.15, 0.2) is 0 Å². The lowest BCUT2D eigenvalue weighted by Crippen LogP contribution is -1.84. The third-order valence-corrected chi connectivity index (χ3v) is 3.71. The van der Waals surface area contributed by atoms with E-state index in [1.165, 1.54) is 10.5 Å². The molecule has 2 nitrogen and oxygen atoms in total. The van der Waals surface area contributed by atoms with Crippen LogP contribution in [0.25, 0.3) is 0 Å². The van der Waals surface area contributed by atoms with Gasteiger partial charge >= 0.3 is 0 Å². The van der Waals surface area contributed by atoms with Crippen LogP contribution in [0.1, 0.15) is 5.56 Å². The summed E-state index contributed by atoms with van der Waals surface area (Å²) in [6, 6.07) is 16.1. The fourth-order valence-corrected chi connectivity index (χ4v) is 2.59. The molecule has 0 heterocycles. The highest BCUT2D eigenvalue weighted by Gasteiger charge is 1.98. The second-order valence-corrected chi connectivity index (χ2v) is 5.07. The maximum atomic E-state index is 5.14. The number of thioether (sulfide) groups is 1. The topological polar surface area (TPSA) is 21.6 Å². The first-order chi connectivity index (χ1) is 9.31. The number of benzene rings is 2. The Morgan fingerprint density at radius 2 is 2.00 bits per heavy atom. The normalized spacial score (nSPS) is 9.74. The molecule has 0 radical (unpaired) electrons. The van der Waals surface area contributed by atoms with Gasteiger partial charge in [0.1, 0.15) is 5.75 Å². The summed E-state index contributed by atoms with van der Waals surface area (Å²) in [4.78, 5) is 5.15. The summed E-state index contributed by atoms with van der Waals surface area (Å²) in [5.74, 6) is 1.79. The van der Waals surface area contributed by atoms with E-state index >= 15 is 0 Å². The third-order valence-electron chi connectivity index (χ3n) is 2.56. The molecule has 0 unspecified atom stereocenters. The summed E-state index contributed by atoms with van der Waals surface area (Å²) < 4.78 is 5.14. The van der Waals surface area contributed by atoms with Crippen molar-refractivity contribution in [2.75, 3.05) is 7.11 Å². The van der Waals surface area contributed by atoms with Crippen molar-refractivity contribution in [3.63, 3.8) is 0 Å². The number of hydrogen-bond donors (Lipinski definition) is 0. The average molecular weight is 287 g/mol. The first-order valence-corrected chi connectivity index (χ1v) is 7.15. The molecule has 0 aliphatic heterocycles. The minimum Gasteiger partial charge on any atom is -0.497 e. The summed E-state index contributed by atoms with van der Waals surface area (Å²) >= 11 is 6.37. The molecule has 0 aromatic heterocycles. The Hall–Kier alpha value is -1.61. The van der Waals surface area contributed by atoms with Crippen LogP contribution in [0, 0.1) is 0 Å². The van der Waals surface area contributed by atoms with Crippen LogP contribution < -0.4 is 4.74 Å². The zero-order chi connectivity index (χ0) is 13.5. The van der Waals surface area contributed by atoms with Crippen LogP contribution in [0.5, 0.6) is 5.75 Å². The summed E-state index contributed by atoms with van der Waals surface area (Å²) in [7, 11) is 1.67. The predicted molar refractivity (Wildman–Crippen MR) is 83.7 cm³/mol. The lowest BCUT2D eigenvalue weighted by molar-refractivity contribution is 0.414. The van der Waals surface area contributed by atoms with Crippen LogP contribution in [0.4, 0.5) is 5.69 Å². The molecule has 0 saturated heterocycles. The molecular weight excluding hydrogens is 274 g/mol. The molecule has 2 aromatic rings. The Bertz CT molecular complexity index is 589. The highest BCUT2D eigenvalue weighted by Crippen LogP contribution is 2.26. The van der Waals surface area contributed by atoms with Crippen molar-refractivity contribution in [3.05, 3.63) is 54.1 Å². The number of hydrogen-bond acceptors (Lipinski definition) is 4. The molecular formula is C15H13NOS2. The van der Waals surface area contributed by atoms with Gasteiger partial charge in [-0.1, -0.05) is 18.2 Å². The molecule has 0 saturated carbocycles. The summed E-state index contributed by atoms with van der Waals surface area (Å²) in [5.41, 5.74) is 2.10. The van der Waals surface area contributed by atoms with Crippen molar-refractivity contribution in [1.29, 1.82) is 0 Å². The van der Waals surface area contributed by atoms with Gasteiger partial charge in [0.25, 0.3) is 0 Å². The number of isothiocyanates is 1. The van der Waals surface area contributed by atoms with Gasteiger partial charge < -0.3 is 4.74 Å². The van der Waals surface area contributed by atoms with E-state index in [1.807, 2.05) is 30.3 Å². The monoisotopic (exact) mass is 287 g/mol. The largest absolute Gasteiger partial charge is 0.497 e. The maximum Gasteiger partial charge on any atom is 0.118 e. The van der Waals surface area contributed by atoms with E-state index in [-0.39, 0.29) is 0 Å². The molecule has 0 N–H and O–H groups in total. The van der Waals surface area contributed by atoms with Crippen molar-refractivity contribution in [2.45, 2.75) is 10.6 Å². The molecule has 0 amide bonds. The van der Waals surface area contributed by atoms with Crippen molar-refractivity contribution in [2.24, 2.45) is 4.99 Å². The minimum atomic E-state index is 0.842. The first-order valence-electron chi connectivity index (χ1n) is 5.75. The van der Waals surface area contributed by atoms with Gasteiger partial charge in [-0.25, -0.2) is 0 Å². The molecule has 0 spiro atoms. The van der Waals surface area contributed by atoms with E-state index in [0.717, 1.165) is 17.2 Å². The second-order valence-electron chi connectivity index (χ2n) is 3.84. The summed E-state index contributed by atoms with van der Waals surface area (Å²) in [5, 5.41) is 2.38. The van der Waals surface area contributed by atoms with Gasteiger partial charge in [0.2, 0.25) is 0 Å². The van der Waals surface area contributed by atoms with Crippen LogP contribution in [0.2, 0.25) is 0 Å². The van der Waals surface area contributed by atoms with E-state index in [9.17, 15) is 0 Å². The van der Waals surface area contributed by atoms with Gasteiger partial charge in [-0.2, -0.15) is 4.99 Å². The van der Waals surface area contributed by atoms with Crippen LogP contribution in [-0.4, -0.2) is 12.3 Å². The van der Waals surface area contributed by atoms with Gasteiger partial charge in [-0.15, -0.1) is 11.8 Å². The SMILES string of the molecule is COc1ccc(CSc2cccc(N=C=S)c2)cc1. The number of nitrogens with zero attached hydrogens (tertiary/aromatic N) is 1. The van der Waals surface area contributed by atoms with Crippen molar-refractivity contribution >= 4 is 34.8 Å². The fraction of sp³-hybridized carbons (Fsp3) is 0.133. The smallest absolute Gasteiger partial charge is 0.118 e. The Morgan fingerprint density at radius 1 is 1.21 bits per heavy atom. The van der Waals surface area contributed by atoms with E-state index in [1.54, 1.807) is 18.9 Å². The van der Waals surface area contributed by atoms with Gasteiger partial charge in [-0.3, -0.25) is 0 Å². The van der Waals surface area contributed by atoms with Crippen molar-refractivity contribution < 1.29 is 4.74 Å². The van der Waals surface area contributed by atoms with Crippen LogP contribution >= 0.6 is 24.0 Å². The number of thiocarbonyl (C=S) groups is 1. The highest BCUT2D eigenvalue weighted by atomic mass is 32.2. The summed E-state index contributed by atoms with van der Waals surface area (Å²) in [6.45, 7) is 0. The number of rotatable bonds is 5. The third kappa shape index (κ3) is 4.21. The fourth-order valence-electron chi connectivity index (χ4n) is 1.58. The summed E-state index contributed by atoms with van der Waals surface area (Å²) in [6.07, 6.45) is 0. The van der Waals surface area contributed by atoms with Crippen LogP contribution in [0.3, 0.4) is 0 Å². The number of aliphatic imine (C=N–C) groups is 1. The number of methoxy groups -OCH3 is 1. The average Bonchev–Trinajstić information content (AvgIpc) is 2.46. The quantitative estimate of drug-likeness (QED) is 0.451. The molecule has 19 heavy (non-hydrogen) atoms. The molecule has 0 bridgehead atoms. The van der Waals surface area contributed by atoms with E-state index in [2.05, 4.69) is 40.6 Å². The Morgan fingerprint density at radius 3 is 2.68 bits per heavy atom. The van der Waals surface area contributed by atoms with Crippen molar-refractivity contribution in [3.8, 4) is 5.75 Å². The first kappa shape index (κ1) is 13.8. The number of ether oxygens (including phenoxy) is 1. The lowest BCUT2D eigenvalue weighted by Gasteiger charge is -2.04. The van der Waals surface area contributed by atoms with Crippen LogP contribution in [0.15, 0.2) is 58.4 Å². The zero-order valence-electron chi connectivity index (χ0n) is 10.5. The molecule has 0 aliphatic carbocycles.